The summed E-state index contributed by atoms with van der Waals surface area (Å²) in [5.41, 5.74) is 0. The Balaban J connectivity index is 2.48. The summed E-state index contributed by atoms with van der Waals surface area (Å²) in [7, 11) is 0. The SMILES string of the molecule is CCN(C(=O)C1CCC1)C(C)CO. The van der Waals surface area contributed by atoms with Crippen LogP contribution in [-0.2, 0) is 4.79 Å². The van der Waals surface area contributed by atoms with Crippen LogP contribution in [0, 0.1) is 5.92 Å². The smallest absolute Gasteiger partial charge is 0.225 e. The van der Waals surface area contributed by atoms with Crippen LogP contribution in [0.15, 0.2) is 0 Å². The lowest BCUT2D eigenvalue weighted by Crippen LogP contribution is -2.45. The van der Waals surface area contributed by atoms with E-state index in [0.717, 1.165) is 12.8 Å². The summed E-state index contributed by atoms with van der Waals surface area (Å²) in [5.74, 6) is 0.476. The molecule has 3 nitrogen and oxygen atoms in total. The van der Waals surface area contributed by atoms with Gasteiger partial charge in [0.15, 0.2) is 0 Å². The van der Waals surface area contributed by atoms with Crippen LogP contribution in [0.2, 0.25) is 0 Å². The first-order valence-electron chi connectivity index (χ1n) is 5.12. The van der Waals surface area contributed by atoms with E-state index >= 15 is 0 Å². The highest BCUT2D eigenvalue weighted by atomic mass is 16.3. The minimum absolute atomic E-state index is 0.0295. The van der Waals surface area contributed by atoms with Crippen molar-refractivity contribution in [3.63, 3.8) is 0 Å². The molecule has 1 fully saturated rings. The van der Waals surface area contributed by atoms with E-state index in [1.807, 2.05) is 13.8 Å². The predicted molar refractivity (Wildman–Crippen MR) is 51.3 cm³/mol. The normalized spacial score (nSPS) is 19.3. The van der Waals surface area contributed by atoms with E-state index in [4.69, 9.17) is 5.11 Å². The second kappa shape index (κ2) is 4.61. The molecule has 0 aliphatic heterocycles. The van der Waals surface area contributed by atoms with Crippen LogP contribution < -0.4 is 0 Å². The maximum atomic E-state index is 11.8. The number of aliphatic hydroxyl groups is 1. The van der Waals surface area contributed by atoms with Gasteiger partial charge in [0.1, 0.15) is 0 Å². The van der Waals surface area contributed by atoms with E-state index in [-0.39, 0.29) is 24.5 Å². The highest BCUT2D eigenvalue weighted by Crippen LogP contribution is 2.28. The number of rotatable bonds is 4. The van der Waals surface area contributed by atoms with Gasteiger partial charge in [-0.1, -0.05) is 6.42 Å². The Bertz CT molecular complexity index is 178. The number of carbonyl (C=O) groups is 1. The standard InChI is InChI=1S/C10H19NO2/c1-3-11(8(2)7-12)10(13)9-5-4-6-9/h8-9,12H,3-7H2,1-2H3. The minimum atomic E-state index is -0.0295. The van der Waals surface area contributed by atoms with Gasteiger partial charge in [0.25, 0.3) is 0 Å². The molecule has 0 heterocycles. The highest BCUT2D eigenvalue weighted by molar-refractivity contribution is 5.79. The number of aliphatic hydroxyl groups excluding tert-OH is 1. The van der Waals surface area contributed by atoms with E-state index in [1.54, 1.807) is 4.90 Å². The first kappa shape index (κ1) is 10.5. The van der Waals surface area contributed by atoms with Crippen molar-refractivity contribution in [1.82, 2.24) is 4.90 Å². The van der Waals surface area contributed by atoms with E-state index in [0.29, 0.717) is 6.54 Å². The maximum absolute atomic E-state index is 11.8. The fraction of sp³-hybridized carbons (Fsp3) is 0.900. The molecule has 0 aromatic carbocycles. The Labute approximate surface area is 79.7 Å². The zero-order valence-corrected chi connectivity index (χ0v) is 8.49. The van der Waals surface area contributed by atoms with Gasteiger partial charge in [-0.15, -0.1) is 0 Å². The van der Waals surface area contributed by atoms with Crippen LogP contribution in [0.1, 0.15) is 33.1 Å². The molecule has 1 rings (SSSR count). The number of hydrogen-bond donors (Lipinski definition) is 1. The van der Waals surface area contributed by atoms with Crippen LogP contribution in [-0.4, -0.2) is 35.1 Å². The number of nitrogens with zero attached hydrogens (tertiary/aromatic N) is 1. The average molecular weight is 185 g/mol. The van der Waals surface area contributed by atoms with Crippen molar-refractivity contribution in [2.75, 3.05) is 13.2 Å². The monoisotopic (exact) mass is 185 g/mol. The van der Waals surface area contributed by atoms with Gasteiger partial charge >= 0.3 is 0 Å². The van der Waals surface area contributed by atoms with Crippen LogP contribution in [0.5, 0.6) is 0 Å². The molecule has 1 saturated carbocycles. The molecular weight excluding hydrogens is 166 g/mol. The fourth-order valence-corrected chi connectivity index (χ4v) is 1.67. The molecule has 0 aromatic rings. The molecule has 1 unspecified atom stereocenters. The third-order valence-corrected chi connectivity index (χ3v) is 2.87. The molecule has 0 spiro atoms. The molecule has 1 N–H and O–H groups in total. The molecule has 0 saturated heterocycles. The van der Waals surface area contributed by atoms with Crippen molar-refractivity contribution in [3.05, 3.63) is 0 Å². The Morgan fingerprint density at radius 3 is 2.54 bits per heavy atom. The second-order valence-electron chi connectivity index (χ2n) is 3.78. The maximum Gasteiger partial charge on any atom is 0.225 e. The van der Waals surface area contributed by atoms with E-state index in [1.165, 1.54) is 6.42 Å². The largest absolute Gasteiger partial charge is 0.394 e. The van der Waals surface area contributed by atoms with Crippen LogP contribution in [0.3, 0.4) is 0 Å². The zero-order chi connectivity index (χ0) is 9.84. The lowest BCUT2D eigenvalue weighted by Gasteiger charge is -2.34. The molecule has 1 aliphatic rings. The summed E-state index contributed by atoms with van der Waals surface area (Å²) in [6.07, 6.45) is 3.25. The molecule has 13 heavy (non-hydrogen) atoms. The minimum Gasteiger partial charge on any atom is -0.394 e. The van der Waals surface area contributed by atoms with Gasteiger partial charge in [-0.3, -0.25) is 4.79 Å². The summed E-state index contributed by atoms with van der Waals surface area (Å²) in [6, 6.07) is -0.0295. The van der Waals surface area contributed by atoms with Gasteiger partial charge in [-0.2, -0.15) is 0 Å². The second-order valence-corrected chi connectivity index (χ2v) is 3.78. The van der Waals surface area contributed by atoms with Gasteiger partial charge in [0.2, 0.25) is 5.91 Å². The summed E-state index contributed by atoms with van der Waals surface area (Å²) < 4.78 is 0. The summed E-state index contributed by atoms with van der Waals surface area (Å²) in [6.45, 7) is 4.62. The summed E-state index contributed by atoms with van der Waals surface area (Å²) in [5, 5.41) is 8.96. The Hall–Kier alpha value is -0.570. The molecule has 0 radical (unpaired) electrons. The molecule has 1 atom stereocenters. The van der Waals surface area contributed by atoms with Crippen LogP contribution in [0.4, 0.5) is 0 Å². The quantitative estimate of drug-likeness (QED) is 0.710. The Morgan fingerprint density at radius 1 is 1.62 bits per heavy atom. The van der Waals surface area contributed by atoms with E-state index < -0.39 is 0 Å². The van der Waals surface area contributed by atoms with Crippen LogP contribution in [0.25, 0.3) is 0 Å². The number of amides is 1. The Kier molecular flexibility index (Phi) is 3.72. The van der Waals surface area contributed by atoms with Crippen molar-refractivity contribution >= 4 is 5.91 Å². The van der Waals surface area contributed by atoms with Gasteiger partial charge < -0.3 is 10.0 Å². The van der Waals surface area contributed by atoms with Crippen molar-refractivity contribution in [1.29, 1.82) is 0 Å². The van der Waals surface area contributed by atoms with Gasteiger partial charge in [0, 0.05) is 12.5 Å². The van der Waals surface area contributed by atoms with E-state index in [2.05, 4.69) is 0 Å². The number of carbonyl (C=O) groups excluding carboxylic acids is 1. The average Bonchev–Trinajstić information content (AvgIpc) is 2.02. The highest BCUT2D eigenvalue weighted by Gasteiger charge is 2.30. The molecule has 0 bridgehead atoms. The summed E-state index contributed by atoms with van der Waals surface area (Å²) in [4.78, 5) is 13.6. The molecule has 3 heteroatoms. The van der Waals surface area contributed by atoms with Gasteiger partial charge in [0.05, 0.1) is 12.6 Å². The number of hydrogen-bond acceptors (Lipinski definition) is 2. The fourth-order valence-electron chi connectivity index (χ4n) is 1.67. The Morgan fingerprint density at radius 2 is 2.23 bits per heavy atom. The first-order chi connectivity index (χ1) is 6.20. The molecular formula is C10H19NO2. The lowest BCUT2D eigenvalue weighted by molar-refractivity contribution is -0.140. The van der Waals surface area contributed by atoms with Crippen molar-refractivity contribution in [2.45, 2.75) is 39.2 Å². The number of likely N-dealkylation sites (N-methyl/N-ethyl adjacent to an activating group) is 1. The van der Waals surface area contributed by atoms with Crippen molar-refractivity contribution in [2.24, 2.45) is 5.92 Å². The third kappa shape index (κ3) is 2.21. The van der Waals surface area contributed by atoms with Crippen LogP contribution >= 0.6 is 0 Å². The topological polar surface area (TPSA) is 40.5 Å². The molecule has 1 aliphatic carbocycles. The summed E-state index contributed by atoms with van der Waals surface area (Å²) >= 11 is 0. The predicted octanol–water partition coefficient (Wildman–Crippen LogP) is 1.02. The molecule has 1 amide bonds. The zero-order valence-electron chi connectivity index (χ0n) is 8.49. The molecule has 0 aromatic heterocycles. The van der Waals surface area contributed by atoms with Crippen molar-refractivity contribution < 1.29 is 9.90 Å². The third-order valence-electron chi connectivity index (χ3n) is 2.87. The van der Waals surface area contributed by atoms with Gasteiger partial charge in [-0.25, -0.2) is 0 Å². The first-order valence-corrected chi connectivity index (χ1v) is 5.12. The van der Waals surface area contributed by atoms with E-state index in [9.17, 15) is 4.79 Å². The van der Waals surface area contributed by atoms with Gasteiger partial charge in [-0.05, 0) is 26.7 Å². The lowest BCUT2D eigenvalue weighted by atomic mass is 9.84. The van der Waals surface area contributed by atoms with Crippen molar-refractivity contribution in [3.8, 4) is 0 Å². The molecule has 76 valence electrons.